The van der Waals surface area contributed by atoms with E-state index in [0.717, 1.165) is 24.7 Å². The molecule has 3 aliphatic rings. The summed E-state index contributed by atoms with van der Waals surface area (Å²) >= 11 is 0. The topological polar surface area (TPSA) is 105 Å². The van der Waals surface area contributed by atoms with Crippen molar-refractivity contribution < 1.29 is 5.11 Å². The number of rotatable bonds is 4. The third kappa shape index (κ3) is 5.01. The first-order chi connectivity index (χ1) is 15.4. The number of hydrogen-bond donors (Lipinski definition) is 4. The molecule has 4 atom stereocenters. The number of nitrogens with two attached hydrogens (primary N) is 3. The van der Waals surface area contributed by atoms with Gasteiger partial charge in [0.15, 0.2) is 0 Å². The van der Waals surface area contributed by atoms with Crippen LogP contribution in [0.4, 0.5) is 0 Å². The van der Waals surface area contributed by atoms with Gasteiger partial charge in [0.05, 0.1) is 5.70 Å². The monoisotopic (exact) mass is 439 g/mol. The molecule has 0 radical (unpaired) electrons. The van der Waals surface area contributed by atoms with Gasteiger partial charge in [-0.15, -0.1) is 0 Å². The van der Waals surface area contributed by atoms with E-state index >= 15 is 0 Å². The Balaban J connectivity index is 1.49. The Morgan fingerprint density at radius 1 is 0.875 bits per heavy atom. The van der Waals surface area contributed by atoms with Crippen molar-refractivity contribution in [3.63, 3.8) is 0 Å². The zero-order chi connectivity index (χ0) is 22.7. The van der Waals surface area contributed by atoms with Crippen LogP contribution in [-0.2, 0) is 0 Å². The van der Waals surface area contributed by atoms with Gasteiger partial charge >= 0.3 is 0 Å². The van der Waals surface area contributed by atoms with Gasteiger partial charge in [0.2, 0.25) is 0 Å². The Kier molecular flexibility index (Phi) is 7.19. The van der Waals surface area contributed by atoms with Crippen LogP contribution < -0.4 is 17.2 Å². The van der Waals surface area contributed by atoms with Crippen LogP contribution in [0.25, 0.3) is 5.70 Å². The van der Waals surface area contributed by atoms with Crippen molar-refractivity contribution in [2.75, 3.05) is 13.1 Å². The summed E-state index contributed by atoms with van der Waals surface area (Å²) in [5.41, 5.74) is 20.5. The maximum absolute atomic E-state index is 10.2. The molecular formula is C26H41N5O. The number of hydrogen-bond acceptors (Lipinski definition) is 6. The number of para-hydroxylation sites is 1. The van der Waals surface area contributed by atoms with Gasteiger partial charge in [-0.1, -0.05) is 51.2 Å². The normalized spacial score (nSPS) is 29.8. The van der Waals surface area contributed by atoms with Crippen molar-refractivity contribution in [2.45, 2.75) is 82.8 Å². The van der Waals surface area contributed by atoms with Crippen LogP contribution >= 0.6 is 0 Å². The summed E-state index contributed by atoms with van der Waals surface area (Å²) < 4.78 is 0. The summed E-state index contributed by atoms with van der Waals surface area (Å²) in [6, 6.07) is 8.91. The number of benzene rings is 1. The van der Waals surface area contributed by atoms with E-state index in [-0.39, 0.29) is 11.6 Å². The Morgan fingerprint density at radius 2 is 1.50 bits per heavy atom. The number of piperazine rings is 1. The smallest absolute Gasteiger partial charge is 0.124 e. The lowest BCUT2D eigenvalue weighted by molar-refractivity contribution is 0.0400. The van der Waals surface area contributed by atoms with Crippen LogP contribution in [0, 0.1) is 5.92 Å². The molecule has 6 nitrogen and oxygen atoms in total. The van der Waals surface area contributed by atoms with Crippen LogP contribution in [0.5, 0.6) is 5.75 Å². The first kappa shape index (κ1) is 22.8. The number of likely N-dealkylation sites (tertiary alicyclic amines) is 1. The molecule has 0 amide bonds. The van der Waals surface area contributed by atoms with Crippen LogP contribution in [0.2, 0.25) is 0 Å². The van der Waals surface area contributed by atoms with Crippen molar-refractivity contribution in [1.29, 1.82) is 0 Å². The molecule has 176 valence electrons. The molecule has 32 heavy (non-hydrogen) atoms. The predicted octanol–water partition coefficient (Wildman–Crippen LogP) is 3.68. The van der Waals surface area contributed by atoms with Gasteiger partial charge in [0, 0.05) is 42.5 Å². The van der Waals surface area contributed by atoms with Crippen LogP contribution in [0.15, 0.2) is 41.9 Å². The number of nitrogens with zero attached hydrogens (tertiary/aromatic N) is 2. The standard InChI is InChI=1S/C26H41N5O/c1-18-7-2-3-9-19(10-6-8-18)31-20-13-14-21(31)17-30(16-20)24(26(28)29)15-23(27)22-11-4-5-12-25(22)32/h4-5,11-12,15,18-21,32H,2-3,6-10,13-14,16-17,27-29H2,1H3/b23-15-. The highest BCUT2D eigenvalue weighted by Crippen LogP contribution is 2.37. The molecule has 1 saturated carbocycles. The molecule has 1 aromatic carbocycles. The highest BCUT2D eigenvalue weighted by atomic mass is 16.3. The lowest BCUT2D eigenvalue weighted by Gasteiger charge is -2.46. The summed E-state index contributed by atoms with van der Waals surface area (Å²) in [6.07, 6.45) is 13.8. The van der Waals surface area contributed by atoms with Crippen molar-refractivity contribution in [1.82, 2.24) is 9.80 Å². The summed E-state index contributed by atoms with van der Waals surface area (Å²) in [7, 11) is 0. The number of allylic oxidation sites excluding steroid dienone is 1. The summed E-state index contributed by atoms with van der Waals surface area (Å²) in [4.78, 5) is 5.17. The van der Waals surface area contributed by atoms with Gasteiger partial charge in [-0.25, -0.2) is 0 Å². The lowest BCUT2D eigenvalue weighted by atomic mass is 9.98. The molecule has 0 aromatic heterocycles. The summed E-state index contributed by atoms with van der Waals surface area (Å²) in [5, 5.41) is 10.2. The minimum atomic E-state index is 0.163. The van der Waals surface area contributed by atoms with E-state index in [9.17, 15) is 5.11 Å². The van der Waals surface area contributed by atoms with Crippen molar-refractivity contribution >= 4 is 5.70 Å². The third-order valence-electron chi connectivity index (χ3n) is 7.82. The lowest BCUT2D eigenvalue weighted by Crippen LogP contribution is -2.57. The molecule has 7 N–H and O–H groups in total. The number of phenolic OH excluding ortho intramolecular Hbond substituents is 1. The van der Waals surface area contributed by atoms with E-state index in [1.54, 1.807) is 12.1 Å². The average Bonchev–Trinajstić information content (AvgIpc) is 3.07. The summed E-state index contributed by atoms with van der Waals surface area (Å²) in [6.45, 7) is 4.28. The molecule has 2 saturated heterocycles. The molecule has 1 aromatic rings. The van der Waals surface area contributed by atoms with Gasteiger partial charge < -0.3 is 27.2 Å². The molecule has 2 aliphatic heterocycles. The number of aromatic hydroxyl groups is 1. The Bertz CT molecular complexity index is 832. The fourth-order valence-electron chi connectivity index (χ4n) is 6.19. The Morgan fingerprint density at radius 3 is 2.19 bits per heavy atom. The quantitative estimate of drug-likeness (QED) is 0.534. The molecule has 2 bridgehead atoms. The van der Waals surface area contributed by atoms with Gasteiger partial charge in [0.1, 0.15) is 11.6 Å². The second-order valence-electron chi connectivity index (χ2n) is 10.2. The molecule has 4 unspecified atom stereocenters. The van der Waals surface area contributed by atoms with E-state index in [1.165, 1.54) is 57.8 Å². The second kappa shape index (κ2) is 10.1. The molecule has 3 fully saturated rings. The maximum Gasteiger partial charge on any atom is 0.124 e. The van der Waals surface area contributed by atoms with E-state index in [4.69, 9.17) is 17.2 Å². The van der Waals surface area contributed by atoms with Crippen molar-refractivity contribution in [3.05, 3.63) is 47.4 Å². The van der Waals surface area contributed by atoms with Gasteiger partial charge in [-0.05, 0) is 49.8 Å². The predicted molar refractivity (Wildman–Crippen MR) is 131 cm³/mol. The largest absolute Gasteiger partial charge is 0.507 e. The zero-order valence-corrected chi connectivity index (χ0v) is 19.5. The SMILES string of the molecule is CC1CCCCC(N2C3CCC2CN(C(/C=C(\N)c2ccccc2O)=C(N)N)C3)CCC1. The Labute approximate surface area is 193 Å². The Hall–Kier alpha value is -2.34. The van der Waals surface area contributed by atoms with Crippen LogP contribution in [-0.4, -0.2) is 46.1 Å². The molecule has 6 heteroatoms. The average molecular weight is 440 g/mol. The second-order valence-corrected chi connectivity index (χ2v) is 10.2. The van der Waals surface area contributed by atoms with E-state index in [2.05, 4.69) is 16.7 Å². The fourth-order valence-corrected chi connectivity index (χ4v) is 6.19. The van der Waals surface area contributed by atoms with Gasteiger partial charge in [-0.2, -0.15) is 0 Å². The van der Waals surface area contributed by atoms with Crippen molar-refractivity contribution in [2.24, 2.45) is 23.1 Å². The van der Waals surface area contributed by atoms with Gasteiger partial charge in [0.25, 0.3) is 0 Å². The van der Waals surface area contributed by atoms with Gasteiger partial charge in [-0.3, -0.25) is 4.90 Å². The number of phenols is 1. The van der Waals surface area contributed by atoms with E-state index < -0.39 is 0 Å². The molecule has 1 aliphatic carbocycles. The zero-order valence-electron chi connectivity index (χ0n) is 19.5. The molecule has 0 spiro atoms. The van der Waals surface area contributed by atoms with E-state index in [0.29, 0.717) is 29.4 Å². The maximum atomic E-state index is 10.2. The first-order valence-corrected chi connectivity index (χ1v) is 12.5. The van der Waals surface area contributed by atoms with Crippen molar-refractivity contribution in [3.8, 4) is 5.75 Å². The van der Waals surface area contributed by atoms with Crippen LogP contribution in [0.3, 0.4) is 0 Å². The third-order valence-corrected chi connectivity index (χ3v) is 7.82. The molecular weight excluding hydrogens is 398 g/mol. The first-order valence-electron chi connectivity index (χ1n) is 12.5. The fraction of sp³-hybridized carbons (Fsp3) is 0.615. The minimum Gasteiger partial charge on any atom is -0.507 e. The highest BCUT2D eigenvalue weighted by molar-refractivity contribution is 5.69. The number of fused-ring (bicyclic) bond motifs is 2. The highest BCUT2D eigenvalue weighted by Gasteiger charge is 2.43. The molecule has 2 heterocycles. The van der Waals surface area contributed by atoms with Crippen LogP contribution in [0.1, 0.15) is 70.3 Å². The molecule has 4 rings (SSSR count). The van der Waals surface area contributed by atoms with E-state index in [1.807, 2.05) is 18.2 Å². The summed E-state index contributed by atoms with van der Waals surface area (Å²) in [5.74, 6) is 1.33. The minimum absolute atomic E-state index is 0.163.